The Balaban J connectivity index is 1.97. The molecule has 1 heterocycles. The van der Waals surface area contributed by atoms with Crippen LogP contribution in [0.4, 0.5) is 4.39 Å². The molecule has 0 radical (unpaired) electrons. The molecular formula is C14H20FNO2. The number of hydrogen-bond donors (Lipinski definition) is 0. The molecule has 1 aliphatic rings. The molecule has 2 rings (SSSR count). The van der Waals surface area contributed by atoms with Gasteiger partial charge in [-0.2, -0.15) is 0 Å². The average Bonchev–Trinajstić information content (AvgIpc) is 2.90. The highest BCUT2D eigenvalue weighted by atomic mass is 19.1. The summed E-state index contributed by atoms with van der Waals surface area (Å²) in [5, 5.41) is 0. The summed E-state index contributed by atoms with van der Waals surface area (Å²) in [7, 11) is 0. The maximum absolute atomic E-state index is 12.8. The second-order valence-corrected chi connectivity index (χ2v) is 4.43. The van der Waals surface area contributed by atoms with Gasteiger partial charge in [0.1, 0.15) is 11.6 Å². The monoisotopic (exact) mass is 253 g/mol. The largest absolute Gasteiger partial charge is 0.473 e. The lowest BCUT2D eigenvalue weighted by atomic mass is 10.3. The number of halogens is 1. The lowest BCUT2D eigenvalue weighted by Crippen LogP contribution is -2.41. The van der Waals surface area contributed by atoms with E-state index in [-0.39, 0.29) is 12.0 Å². The summed E-state index contributed by atoms with van der Waals surface area (Å²) in [6.45, 7) is 5.28. The third-order valence-electron chi connectivity index (χ3n) is 3.10. The molecule has 18 heavy (non-hydrogen) atoms. The normalized spacial score (nSPS) is 17.9. The van der Waals surface area contributed by atoms with Crippen LogP contribution in [0.15, 0.2) is 24.3 Å². The fraction of sp³-hybridized carbons (Fsp3) is 0.571. The maximum Gasteiger partial charge on any atom is 0.176 e. The van der Waals surface area contributed by atoms with E-state index >= 15 is 0 Å². The van der Waals surface area contributed by atoms with Gasteiger partial charge in [0, 0.05) is 19.7 Å². The standard InChI is InChI=1S/C14H20FNO2/c1-2-17-11-14(16-9-3-4-10-16)18-13-7-5-12(15)6-8-13/h5-8,14H,2-4,9-11H2,1H3/t14-/m1/s1. The molecular weight excluding hydrogens is 233 g/mol. The number of nitrogens with zero attached hydrogens (tertiary/aromatic N) is 1. The lowest BCUT2D eigenvalue weighted by Gasteiger charge is -2.27. The highest BCUT2D eigenvalue weighted by molar-refractivity contribution is 5.22. The van der Waals surface area contributed by atoms with Gasteiger partial charge in [0.2, 0.25) is 0 Å². The summed E-state index contributed by atoms with van der Waals surface area (Å²) < 4.78 is 24.2. The van der Waals surface area contributed by atoms with E-state index in [1.807, 2.05) is 6.92 Å². The minimum atomic E-state index is -0.245. The van der Waals surface area contributed by atoms with Crippen molar-refractivity contribution >= 4 is 0 Å². The highest BCUT2D eigenvalue weighted by Crippen LogP contribution is 2.18. The number of rotatable bonds is 6. The molecule has 0 aliphatic carbocycles. The van der Waals surface area contributed by atoms with Gasteiger partial charge >= 0.3 is 0 Å². The van der Waals surface area contributed by atoms with E-state index in [0.29, 0.717) is 19.0 Å². The van der Waals surface area contributed by atoms with E-state index in [1.165, 1.54) is 25.0 Å². The molecule has 1 aromatic carbocycles. The number of likely N-dealkylation sites (tertiary alicyclic amines) is 1. The Hall–Kier alpha value is -1.13. The summed E-state index contributed by atoms with van der Waals surface area (Å²) in [6, 6.07) is 6.14. The van der Waals surface area contributed by atoms with Crippen LogP contribution >= 0.6 is 0 Å². The van der Waals surface area contributed by atoms with Gasteiger partial charge in [-0.3, -0.25) is 4.90 Å². The molecule has 0 unspecified atom stereocenters. The van der Waals surface area contributed by atoms with Crippen LogP contribution in [0.3, 0.4) is 0 Å². The van der Waals surface area contributed by atoms with Crippen molar-refractivity contribution in [3.8, 4) is 5.75 Å². The molecule has 3 nitrogen and oxygen atoms in total. The summed E-state index contributed by atoms with van der Waals surface area (Å²) in [5.74, 6) is 0.442. The Labute approximate surface area is 107 Å². The van der Waals surface area contributed by atoms with Crippen LogP contribution in [-0.2, 0) is 4.74 Å². The van der Waals surface area contributed by atoms with Crippen molar-refractivity contribution in [2.75, 3.05) is 26.3 Å². The van der Waals surface area contributed by atoms with Gasteiger partial charge in [0.25, 0.3) is 0 Å². The highest BCUT2D eigenvalue weighted by Gasteiger charge is 2.23. The zero-order valence-corrected chi connectivity index (χ0v) is 10.8. The van der Waals surface area contributed by atoms with Crippen LogP contribution in [0.25, 0.3) is 0 Å². The molecule has 0 aromatic heterocycles. The summed E-state index contributed by atoms with van der Waals surface area (Å²) in [5.41, 5.74) is 0. The Kier molecular flexibility index (Phi) is 4.96. The molecule has 4 heteroatoms. The predicted octanol–water partition coefficient (Wildman–Crippen LogP) is 2.66. The Morgan fingerprint density at radius 2 is 1.89 bits per heavy atom. The Bertz CT molecular complexity index is 349. The lowest BCUT2D eigenvalue weighted by molar-refractivity contribution is -0.0291. The molecule has 0 amide bonds. The second kappa shape index (κ2) is 6.71. The topological polar surface area (TPSA) is 21.7 Å². The fourth-order valence-corrected chi connectivity index (χ4v) is 2.13. The second-order valence-electron chi connectivity index (χ2n) is 4.43. The average molecular weight is 253 g/mol. The number of benzene rings is 1. The first-order chi connectivity index (χ1) is 8.79. The van der Waals surface area contributed by atoms with E-state index < -0.39 is 0 Å². The van der Waals surface area contributed by atoms with Crippen LogP contribution in [0.2, 0.25) is 0 Å². The smallest absolute Gasteiger partial charge is 0.176 e. The van der Waals surface area contributed by atoms with Gasteiger partial charge in [-0.15, -0.1) is 0 Å². The first-order valence-electron chi connectivity index (χ1n) is 6.53. The van der Waals surface area contributed by atoms with Crippen molar-refractivity contribution in [3.63, 3.8) is 0 Å². The SMILES string of the molecule is CCOC[C@@H](Oc1ccc(F)cc1)N1CCCC1. The minimum Gasteiger partial charge on any atom is -0.473 e. The molecule has 1 saturated heterocycles. The minimum absolute atomic E-state index is 0.0714. The molecule has 1 aromatic rings. The van der Waals surface area contributed by atoms with Crippen molar-refractivity contribution in [3.05, 3.63) is 30.1 Å². The van der Waals surface area contributed by atoms with Gasteiger partial charge in [0.15, 0.2) is 6.23 Å². The van der Waals surface area contributed by atoms with E-state index in [1.54, 1.807) is 12.1 Å². The third-order valence-corrected chi connectivity index (χ3v) is 3.10. The van der Waals surface area contributed by atoms with Gasteiger partial charge in [-0.05, 0) is 44.0 Å². The quantitative estimate of drug-likeness (QED) is 0.778. The third kappa shape index (κ3) is 3.68. The van der Waals surface area contributed by atoms with Crippen molar-refractivity contribution in [2.45, 2.75) is 26.0 Å². The molecule has 1 aliphatic heterocycles. The van der Waals surface area contributed by atoms with Crippen molar-refractivity contribution in [2.24, 2.45) is 0 Å². The van der Waals surface area contributed by atoms with Crippen LogP contribution < -0.4 is 4.74 Å². The summed E-state index contributed by atoms with van der Waals surface area (Å²) in [6.07, 6.45) is 2.34. The van der Waals surface area contributed by atoms with Crippen molar-refractivity contribution in [1.82, 2.24) is 4.90 Å². The Morgan fingerprint density at radius 3 is 2.50 bits per heavy atom. The van der Waals surface area contributed by atoms with Crippen LogP contribution in [0, 0.1) is 5.82 Å². The zero-order valence-electron chi connectivity index (χ0n) is 10.8. The Morgan fingerprint density at radius 1 is 1.22 bits per heavy atom. The fourth-order valence-electron chi connectivity index (χ4n) is 2.13. The summed E-state index contributed by atoms with van der Waals surface area (Å²) in [4.78, 5) is 2.28. The first kappa shape index (κ1) is 13.3. The van der Waals surface area contributed by atoms with Crippen molar-refractivity contribution < 1.29 is 13.9 Å². The zero-order chi connectivity index (χ0) is 12.8. The number of hydrogen-bond acceptors (Lipinski definition) is 3. The molecule has 0 saturated carbocycles. The molecule has 0 N–H and O–H groups in total. The van der Waals surface area contributed by atoms with Gasteiger partial charge in [0.05, 0.1) is 6.61 Å². The predicted molar refractivity (Wildman–Crippen MR) is 68.1 cm³/mol. The molecule has 1 fully saturated rings. The maximum atomic E-state index is 12.8. The van der Waals surface area contributed by atoms with E-state index in [0.717, 1.165) is 13.1 Å². The van der Waals surface area contributed by atoms with E-state index in [2.05, 4.69) is 4.90 Å². The van der Waals surface area contributed by atoms with Crippen LogP contribution in [0.5, 0.6) is 5.75 Å². The molecule has 1 atom stereocenters. The van der Waals surface area contributed by atoms with Crippen molar-refractivity contribution in [1.29, 1.82) is 0 Å². The first-order valence-corrected chi connectivity index (χ1v) is 6.53. The molecule has 0 spiro atoms. The van der Waals surface area contributed by atoms with E-state index in [9.17, 15) is 4.39 Å². The summed E-state index contributed by atoms with van der Waals surface area (Å²) >= 11 is 0. The van der Waals surface area contributed by atoms with Gasteiger partial charge in [-0.25, -0.2) is 4.39 Å². The van der Waals surface area contributed by atoms with Gasteiger partial charge < -0.3 is 9.47 Å². The van der Waals surface area contributed by atoms with E-state index in [4.69, 9.17) is 9.47 Å². The molecule has 0 bridgehead atoms. The number of ether oxygens (including phenoxy) is 2. The van der Waals surface area contributed by atoms with Crippen LogP contribution in [-0.4, -0.2) is 37.4 Å². The molecule has 100 valence electrons. The van der Waals surface area contributed by atoms with Gasteiger partial charge in [-0.1, -0.05) is 0 Å². The van der Waals surface area contributed by atoms with Crippen LogP contribution in [0.1, 0.15) is 19.8 Å².